The predicted molar refractivity (Wildman–Crippen MR) is 134 cm³/mol. The van der Waals surface area contributed by atoms with E-state index >= 15 is 4.39 Å². The lowest BCUT2D eigenvalue weighted by atomic mass is 10.0. The average Bonchev–Trinajstić information content (AvgIpc) is 2.86. The van der Waals surface area contributed by atoms with Crippen molar-refractivity contribution in [1.82, 2.24) is 30.6 Å². The number of phenols is 1. The summed E-state index contributed by atoms with van der Waals surface area (Å²) in [5, 5.41) is 17.2. The molecular weight excluding hydrogens is 488 g/mol. The van der Waals surface area contributed by atoms with Gasteiger partial charge in [-0.3, -0.25) is 0 Å². The monoisotopic (exact) mass is 511 g/mol. The number of fused-ring (bicyclic) bond motifs is 1. The molecule has 2 aromatic heterocycles. The lowest BCUT2D eigenvalue weighted by Crippen LogP contribution is -2.49. The lowest BCUT2D eigenvalue weighted by molar-refractivity contribution is 0.471. The van der Waals surface area contributed by atoms with Crippen LogP contribution in [0.25, 0.3) is 22.0 Å². The van der Waals surface area contributed by atoms with Crippen molar-refractivity contribution in [2.45, 2.75) is 26.1 Å². The minimum Gasteiger partial charge on any atom is -0.507 e. The summed E-state index contributed by atoms with van der Waals surface area (Å²) >= 11 is 6.49. The number of hydrogen-bond acceptors (Lipinski definition) is 8. The van der Waals surface area contributed by atoms with Crippen LogP contribution < -0.4 is 15.5 Å². The van der Waals surface area contributed by atoms with Crippen LogP contribution in [0.4, 0.5) is 14.6 Å². The second kappa shape index (κ2) is 10.3. The minimum atomic E-state index is -0.822. The fourth-order valence-electron chi connectivity index (χ4n) is 4.37. The number of hydrogen-bond donors (Lipinski definition) is 3. The molecule has 0 radical (unpaired) electrons. The summed E-state index contributed by atoms with van der Waals surface area (Å²) in [6.07, 6.45) is 3.30. The van der Waals surface area contributed by atoms with Crippen LogP contribution in [0.3, 0.4) is 0 Å². The number of benzene rings is 2. The summed E-state index contributed by atoms with van der Waals surface area (Å²) in [5.74, 6) is -0.520. The van der Waals surface area contributed by atoms with Crippen LogP contribution in [-0.2, 0) is 13.1 Å². The van der Waals surface area contributed by atoms with Gasteiger partial charge >= 0.3 is 0 Å². The zero-order chi connectivity index (χ0) is 25.2. The number of aromatic hydroxyl groups is 1. The molecule has 1 saturated heterocycles. The van der Waals surface area contributed by atoms with Gasteiger partial charge in [0.25, 0.3) is 0 Å². The number of piperazine rings is 1. The van der Waals surface area contributed by atoms with Crippen molar-refractivity contribution >= 4 is 28.3 Å². The summed E-state index contributed by atoms with van der Waals surface area (Å²) in [6, 6.07) is 7.24. The quantitative estimate of drug-likeness (QED) is 0.359. The van der Waals surface area contributed by atoms with E-state index < -0.39 is 17.4 Å². The summed E-state index contributed by atoms with van der Waals surface area (Å²) in [7, 11) is 0. The van der Waals surface area contributed by atoms with Crippen LogP contribution >= 0.6 is 11.6 Å². The predicted octanol–water partition coefficient (Wildman–Crippen LogP) is 3.81. The van der Waals surface area contributed by atoms with Gasteiger partial charge in [0.2, 0.25) is 0 Å². The number of anilines is 1. The van der Waals surface area contributed by atoms with Gasteiger partial charge in [-0.2, -0.15) is 0 Å². The van der Waals surface area contributed by atoms with Crippen LogP contribution in [0.5, 0.6) is 5.75 Å². The molecule has 0 aliphatic carbocycles. The molecule has 0 unspecified atom stereocenters. The first-order valence-electron chi connectivity index (χ1n) is 11.5. The number of nitrogens with zero attached hydrogens (tertiary/aromatic N) is 5. The molecule has 0 saturated carbocycles. The van der Waals surface area contributed by atoms with Gasteiger partial charge in [-0.1, -0.05) is 17.7 Å². The van der Waals surface area contributed by atoms with Crippen molar-refractivity contribution in [3.8, 4) is 16.9 Å². The molecular formula is C25H24ClF2N7O. The van der Waals surface area contributed by atoms with Crippen LogP contribution in [0.1, 0.15) is 18.6 Å². The lowest BCUT2D eigenvalue weighted by Gasteiger charge is -2.33. The maximum Gasteiger partial charge on any atom is 0.159 e. The Morgan fingerprint density at radius 1 is 1.11 bits per heavy atom. The summed E-state index contributed by atoms with van der Waals surface area (Å²) in [5.41, 5.74) is -0.547. The third-order valence-corrected chi connectivity index (χ3v) is 6.30. The summed E-state index contributed by atoms with van der Waals surface area (Å²) in [4.78, 5) is 19.6. The van der Waals surface area contributed by atoms with Crippen molar-refractivity contribution in [3.63, 3.8) is 0 Å². The first-order chi connectivity index (χ1) is 17.4. The molecule has 3 N–H and O–H groups in total. The Hall–Kier alpha value is -3.47. The van der Waals surface area contributed by atoms with Gasteiger partial charge in [0, 0.05) is 49.0 Å². The first kappa shape index (κ1) is 24.2. The number of rotatable bonds is 6. The van der Waals surface area contributed by atoms with Crippen LogP contribution in [-0.4, -0.2) is 50.7 Å². The molecule has 2 aromatic carbocycles. The van der Waals surface area contributed by atoms with Crippen LogP contribution in [0.15, 0.2) is 42.7 Å². The topological polar surface area (TPSA) is 99.1 Å². The largest absolute Gasteiger partial charge is 0.507 e. The van der Waals surface area contributed by atoms with Crippen LogP contribution in [0, 0.1) is 11.6 Å². The van der Waals surface area contributed by atoms with E-state index in [1.807, 2.05) is 0 Å². The molecule has 186 valence electrons. The molecule has 0 bridgehead atoms. The molecule has 36 heavy (non-hydrogen) atoms. The van der Waals surface area contributed by atoms with E-state index in [0.29, 0.717) is 42.5 Å². The van der Waals surface area contributed by atoms with Gasteiger partial charge < -0.3 is 20.6 Å². The van der Waals surface area contributed by atoms with Gasteiger partial charge in [0.05, 0.1) is 23.7 Å². The Bertz CT molecular complexity index is 1390. The molecule has 1 aliphatic heterocycles. The highest BCUT2D eigenvalue weighted by Gasteiger charge is 2.26. The molecule has 4 aromatic rings. The van der Waals surface area contributed by atoms with Gasteiger partial charge in [-0.05, 0) is 31.2 Å². The molecule has 5 rings (SSSR count). The van der Waals surface area contributed by atoms with E-state index in [1.54, 1.807) is 18.5 Å². The van der Waals surface area contributed by atoms with Gasteiger partial charge in [-0.25, -0.2) is 28.7 Å². The molecule has 0 amide bonds. The van der Waals surface area contributed by atoms with Crippen LogP contribution in [0.2, 0.25) is 5.02 Å². The highest BCUT2D eigenvalue weighted by atomic mass is 35.5. The second-order valence-electron chi connectivity index (χ2n) is 8.61. The average molecular weight is 512 g/mol. The third kappa shape index (κ3) is 4.79. The smallest absolute Gasteiger partial charge is 0.159 e. The van der Waals surface area contributed by atoms with Gasteiger partial charge in [-0.15, -0.1) is 0 Å². The van der Waals surface area contributed by atoms with E-state index in [2.05, 4.69) is 37.4 Å². The molecule has 11 heteroatoms. The molecule has 0 spiro atoms. The van der Waals surface area contributed by atoms with E-state index in [-0.39, 0.29) is 34.3 Å². The Kier molecular flexibility index (Phi) is 6.90. The summed E-state index contributed by atoms with van der Waals surface area (Å²) < 4.78 is 30.7. The maximum atomic E-state index is 16.0. The van der Waals surface area contributed by atoms with Crippen molar-refractivity contribution in [2.24, 2.45) is 0 Å². The Labute approximate surface area is 211 Å². The number of phenolic OH excluding ortho intramolecular Hbond substituents is 1. The highest BCUT2D eigenvalue weighted by molar-refractivity contribution is 6.34. The van der Waals surface area contributed by atoms with Gasteiger partial charge in [0.1, 0.15) is 34.6 Å². The fourth-order valence-corrected chi connectivity index (χ4v) is 4.65. The van der Waals surface area contributed by atoms with E-state index in [4.69, 9.17) is 16.6 Å². The van der Waals surface area contributed by atoms with Crippen molar-refractivity contribution < 1.29 is 13.9 Å². The Morgan fingerprint density at radius 3 is 2.64 bits per heavy atom. The zero-order valence-corrected chi connectivity index (χ0v) is 20.2. The first-order valence-corrected chi connectivity index (χ1v) is 11.9. The molecule has 3 heterocycles. The molecule has 1 aliphatic rings. The maximum absolute atomic E-state index is 16.0. The number of aromatic nitrogens is 4. The third-order valence-electron chi connectivity index (χ3n) is 6.00. The summed E-state index contributed by atoms with van der Waals surface area (Å²) in [6.45, 7) is 4.72. The highest BCUT2D eigenvalue weighted by Crippen LogP contribution is 2.42. The Morgan fingerprint density at radius 2 is 1.89 bits per heavy atom. The fraction of sp³-hybridized carbons (Fsp3) is 0.280. The molecule has 1 atom stereocenters. The number of nitrogens with one attached hydrogen (secondary N) is 2. The molecule has 8 nitrogen and oxygen atoms in total. The van der Waals surface area contributed by atoms with Crippen molar-refractivity contribution in [3.05, 3.63) is 71.0 Å². The SMILES string of the molecule is C[C@@H]1CN(c2nc(CNCc3ncccn3)nc3c(F)c(-c4c(O)cccc4F)c(Cl)cc23)CCN1. The van der Waals surface area contributed by atoms with Crippen molar-refractivity contribution in [1.29, 1.82) is 0 Å². The van der Waals surface area contributed by atoms with Crippen molar-refractivity contribution in [2.75, 3.05) is 24.5 Å². The standard InChI is InChI=1S/C25H24ClF2N7O/c1-14-13-35(9-8-30-14)25-15-10-16(26)21(22-17(27)4-2-5-18(22)36)23(28)24(15)33-20(34-25)12-29-11-19-31-6-3-7-32-19/h2-7,10,14,29-30,36H,8-9,11-13H2,1H3/t14-/m1/s1. The van der Waals surface area contributed by atoms with E-state index in [1.165, 1.54) is 18.2 Å². The number of halogens is 3. The zero-order valence-electron chi connectivity index (χ0n) is 19.5. The van der Waals surface area contributed by atoms with E-state index in [9.17, 15) is 9.50 Å². The minimum absolute atomic E-state index is 0.000926. The second-order valence-corrected chi connectivity index (χ2v) is 9.02. The van der Waals surface area contributed by atoms with Gasteiger partial charge in [0.15, 0.2) is 5.82 Å². The Balaban J connectivity index is 1.62. The van der Waals surface area contributed by atoms with E-state index in [0.717, 1.165) is 12.6 Å². The molecule has 1 fully saturated rings. The normalized spacial score (nSPS) is 16.0.